The van der Waals surface area contributed by atoms with Gasteiger partial charge in [-0.1, -0.05) is 18.2 Å². The predicted molar refractivity (Wildman–Crippen MR) is 121 cm³/mol. The van der Waals surface area contributed by atoms with E-state index in [-0.39, 0.29) is 12.7 Å². The van der Waals surface area contributed by atoms with Crippen LogP contribution in [-0.2, 0) is 10.2 Å². The topological polar surface area (TPSA) is 63.3 Å². The van der Waals surface area contributed by atoms with Crippen molar-refractivity contribution in [1.82, 2.24) is 10.2 Å². The Labute approximate surface area is 188 Å². The van der Waals surface area contributed by atoms with Gasteiger partial charge in [0.2, 0.25) is 12.7 Å². The van der Waals surface area contributed by atoms with Crippen LogP contribution in [0, 0.1) is 0 Å². The Morgan fingerprint density at radius 1 is 0.906 bits per heavy atom. The smallest absolute Gasteiger partial charge is 0.245 e. The Bertz CT molecular complexity index is 1040. The van der Waals surface area contributed by atoms with Crippen LogP contribution in [-0.4, -0.2) is 63.5 Å². The summed E-state index contributed by atoms with van der Waals surface area (Å²) in [5.41, 5.74) is 2.08. The van der Waals surface area contributed by atoms with Crippen molar-refractivity contribution in [2.45, 2.75) is 24.7 Å². The molecule has 0 radical (unpaired) electrons. The zero-order valence-corrected chi connectivity index (χ0v) is 18.3. The number of carbonyl (C=O) groups is 1. The third-order valence-electron chi connectivity index (χ3n) is 7.18. The van der Waals surface area contributed by atoms with Crippen molar-refractivity contribution in [2.24, 2.45) is 0 Å². The number of rotatable bonds is 7. The van der Waals surface area contributed by atoms with Gasteiger partial charge in [0.15, 0.2) is 11.5 Å². The number of nitrogens with zero attached hydrogens (tertiary/aromatic N) is 2. The van der Waals surface area contributed by atoms with Crippen molar-refractivity contribution >= 4 is 11.6 Å². The Hall–Kier alpha value is -2.77. The van der Waals surface area contributed by atoms with Crippen LogP contribution in [0.25, 0.3) is 0 Å². The van der Waals surface area contributed by atoms with E-state index in [1.807, 2.05) is 35.2 Å². The lowest BCUT2D eigenvalue weighted by molar-refractivity contribution is -0.122. The lowest BCUT2D eigenvalue weighted by Crippen LogP contribution is -2.43. The van der Waals surface area contributed by atoms with Gasteiger partial charge in [0.1, 0.15) is 17.8 Å². The van der Waals surface area contributed by atoms with Crippen LogP contribution < -0.4 is 24.4 Å². The second-order valence-electron chi connectivity index (χ2n) is 9.02. The van der Waals surface area contributed by atoms with E-state index in [0.717, 1.165) is 42.9 Å². The average molecular weight is 436 g/mol. The van der Waals surface area contributed by atoms with Gasteiger partial charge < -0.3 is 29.3 Å². The van der Waals surface area contributed by atoms with Gasteiger partial charge in [-0.15, -0.1) is 0 Å². The van der Waals surface area contributed by atoms with Crippen LogP contribution in [0.3, 0.4) is 0 Å². The zero-order valence-electron chi connectivity index (χ0n) is 18.3. The van der Waals surface area contributed by atoms with E-state index >= 15 is 0 Å². The molecule has 4 aliphatic rings. The molecule has 1 unspecified atom stereocenters. The van der Waals surface area contributed by atoms with E-state index in [1.54, 1.807) is 0 Å². The highest BCUT2D eigenvalue weighted by atomic mass is 16.7. The van der Waals surface area contributed by atoms with E-state index in [4.69, 9.17) is 14.2 Å². The van der Waals surface area contributed by atoms with Crippen molar-refractivity contribution in [3.8, 4) is 17.2 Å². The molecule has 1 atom stereocenters. The second-order valence-corrected chi connectivity index (χ2v) is 9.02. The largest absolute Gasteiger partial charge is 0.491 e. The molecular formula is C25H29N3O4. The van der Waals surface area contributed by atoms with Gasteiger partial charge in [0.25, 0.3) is 0 Å². The van der Waals surface area contributed by atoms with Crippen LogP contribution in [0.4, 0.5) is 5.69 Å². The number of benzene rings is 2. The Morgan fingerprint density at radius 3 is 2.59 bits per heavy atom. The number of amides is 1. The van der Waals surface area contributed by atoms with Gasteiger partial charge in [-0.2, -0.15) is 0 Å². The first-order chi connectivity index (χ1) is 15.8. The Morgan fingerprint density at radius 2 is 1.72 bits per heavy atom. The summed E-state index contributed by atoms with van der Waals surface area (Å²) in [7, 11) is 0. The first-order valence-electron chi connectivity index (χ1n) is 11.7. The maximum Gasteiger partial charge on any atom is 0.245 e. The van der Waals surface area contributed by atoms with Gasteiger partial charge in [-0.05, 0) is 56.6 Å². The molecule has 1 spiro atoms. The molecule has 2 aromatic rings. The molecule has 2 aromatic carbocycles. The lowest BCUT2D eigenvalue weighted by atomic mass is 9.77. The van der Waals surface area contributed by atoms with Gasteiger partial charge in [-0.25, -0.2) is 0 Å². The molecule has 7 nitrogen and oxygen atoms in total. The summed E-state index contributed by atoms with van der Waals surface area (Å²) >= 11 is 0. The second kappa shape index (κ2) is 7.98. The number of likely N-dealkylation sites (tertiary alicyclic amines) is 1. The minimum absolute atomic E-state index is 0.0911. The molecule has 0 saturated carbocycles. The number of hydrogen-bond donors (Lipinski definition) is 1. The van der Waals surface area contributed by atoms with Gasteiger partial charge in [-0.3, -0.25) is 4.79 Å². The summed E-state index contributed by atoms with van der Waals surface area (Å²) < 4.78 is 17.1. The van der Waals surface area contributed by atoms with E-state index in [9.17, 15) is 4.79 Å². The average Bonchev–Trinajstić information content (AvgIpc) is 3.59. The SMILES string of the molecule is O=C1N(CCCNCCN2CCCC2)c2ccccc2C12COc1cc3c(cc12)OCO3. The van der Waals surface area contributed by atoms with Gasteiger partial charge in [0, 0.05) is 37.0 Å². The van der Waals surface area contributed by atoms with Gasteiger partial charge in [0.05, 0.1) is 0 Å². The minimum atomic E-state index is -0.809. The zero-order chi connectivity index (χ0) is 21.5. The molecular weight excluding hydrogens is 406 g/mol. The molecule has 1 saturated heterocycles. The fraction of sp³-hybridized carbons (Fsp3) is 0.480. The van der Waals surface area contributed by atoms with Crippen molar-refractivity contribution in [2.75, 3.05) is 57.6 Å². The monoisotopic (exact) mass is 435 g/mol. The highest BCUT2D eigenvalue weighted by molar-refractivity contribution is 6.11. The summed E-state index contributed by atoms with van der Waals surface area (Å²) in [6.45, 7) is 6.67. The van der Waals surface area contributed by atoms with Crippen LogP contribution in [0.1, 0.15) is 30.4 Å². The first-order valence-corrected chi connectivity index (χ1v) is 11.7. The maximum atomic E-state index is 13.9. The normalized spacial score (nSPS) is 23.1. The summed E-state index contributed by atoms with van der Waals surface area (Å²) in [6.07, 6.45) is 3.56. The number of para-hydroxylation sites is 1. The molecule has 7 heteroatoms. The van der Waals surface area contributed by atoms with Crippen LogP contribution in [0.15, 0.2) is 36.4 Å². The van der Waals surface area contributed by atoms with Crippen molar-refractivity contribution in [3.05, 3.63) is 47.5 Å². The Balaban J connectivity index is 1.19. The highest BCUT2D eigenvalue weighted by Gasteiger charge is 2.57. The fourth-order valence-corrected chi connectivity index (χ4v) is 5.52. The van der Waals surface area contributed by atoms with E-state index in [2.05, 4.69) is 16.3 Å². The number of hydrogen-bond acceptors (Lipinski definition) is 6. The molecule has 32 heavy (non-hydrogen) atoms. The van der Waals surface area contributed by atoms with Gasteiger partial charge >= 0.3 is 0 Å². The molecule has 0 bridgehead atoms. The minimum Gasteiger partial charge on any atom is -0.491 e. The van der Waals surface area contributed by atoms with Crippen molar-refractivity contribution < 1.29 is 19.0 Å². The van der Waals surface area contributed by atoms with E-state index < -0.39 is 5.41 Å². The van der Waals surface area contributed by atoms with Crippen LogP contribution >= 0.6 is 0 Å². The number of anilines is 1. The summed E-state index contributed by atoms with van der Waals surface area (Å²) in [4.78, 5) is 18.3. The molecule has 1 amide bonds. The van der Waals surface area contributed by atoms with Crippen LogP contribution in [0.5, 0.6) is 17.2 Å². The molecule has 168 valence electrons. The molecule has 0 aromatic heterocycles. The van der Waals surface area contributed by atoms with E-state index in [1.165, 1.54) is 25.9 Å². The summed E-state index contributed by atoms with van der Waals surface area (Å²) in [5.74, 6) is 2.16. The van der Waals surface area contributed by atoms with E-state index in [0.29, 0.717) is 30.4 Å². The van der Waals surface area contributed by atoms with Crippen LogP contribution in [0.2, 0.25) is 0 Å². The summed E-state index contributed by atoms with van der Waals surface area (Å²) in [6, 6.07) is 11.9. The third-order valence-corrected chi connectivity index (χ3v) is 7.18. The highest BCUT2D eigenvalue weighted by Crippen LogP contribution is 2.54. The molecule has 4 heterocycles. The quantitative estimate of drug-likeness (QED) is 0.675. The molecule has 1 fully saturated rings. The predicted octanol–water partition coefficient (Wildman–Crippen LogP) is 2.52. The maximum absolute atomic E-state index is 13.9. The fourth-order valence-electron chi connectivity index (χ4n) is 5.52. The standard InChI is InChI=1S/C25H29N3O4/c29-24-25(16-30-21-15-23-22(14-19(21)25)31-17-32-23)18-6-1-2-7-20(18)28(24)12-5-8-26-9-13-27-10-3-4-11-27/h1-2,6-7,14-15,26H,3-5,8-13,16-17H2. The molecule has 0 aliphatic carbocycles. The molecule has 4 aliphatic heterocycles. The number of fused-ring (bicyclic) bond motifs is 5. The molecule has 1 N–H and O–H groups in total. The Kier molecular flexibility index (Phi) is 4.96. The molecule has 6 rings (SSSR count). The lowest BCUT2D eigenvalue weighted by Gasteiger charge is -2.23. The third kappa shape index (κ3) is 3.06. The van der Waals surface area contributed by atoms with Crippen molar-refractivity contribution in [3.63, 3.8) is 0 Å². The number of carbonyl (C=O) groups excluding carboxylic acids is 1. The summed E-state index contributed by atoms with van der Waals surface area (Å²) in [5, 5.41) is 3.55. The number of nitrogens with one attached hydrogen (secondary N) is 1. The number of ether oxygens (including phenoxy) is 3. The first kappa shape index (κ1) is 19.9. The van der Waals surface area contributed by atoms with Crippen molar-refractivity contribution in [1.29, 1.82) is 0 Å².